The minimum absolute atomic E-state index is 0.0669. The molecule has 1 aromatic carbocycles. The molecule has 0 aliphatic rings. The largest absolute Gasteiger partial charge is 0.513 e. The van der Waals surface area contributed by atoms with Crippen molar-refractivity contribution in [3.8, 4) is 11.5 Å². The van der Waals surface area contributed by atoms with Crippen molar-refractivity contribution in [3.63, 3.8) is 0 Å². The van der Waals surface area contributed by atoms with Crippen molar-refractivity contribution in [2.75, 3.05) is 13.2 Å². The van der Waals surface area contributed by atoms with Gasteiger partial charge in [-0.3, -0.25) is 9.59 Å². The van der Waals surface area contributed by atoms with Gasteiger partial charge in [0.2, 0.25) is 0 Å². The summed E-state index contributed by atoms with van der Waals surface area (Å²) in [6.07, 6.45) is -0.942. The maximum atomic E-state index is 12.5. The van der Waals surface area contributed by atoms with Crippen LogP contribution in [0.5, 0.6) is 11.5 Å². The Labute approximate surface area is 217 Å². The number of hydrogen-bond donors (Lipinski definition) is 2. The third-order valence-corrected chi connectivity index (χ3v) is 5.68. The zero-order valence-electron chi connectivity index (χ0n) is 22.4. The lowest BCUT2D eigenvalue weighted by Gasteiger charge is -2.28. The summed E-state index contributed by atoms with van der Waals surface area (Å²) in [5, 5.41) is 9.62. The first-order valence-electron chi connectivity index (χ1n) is 12.4. The van der Waals surface area contributed by atoms with Crippen LogP contribution < -0.4 is 15.2 Å². The highest BCUT2D eigenvalue weighted by Crippen LogP contribution is 2.35. The van der Waals surface area contributed by atoms with Gasteiger partial charge in [0.1, 0.15) is 6.04 Å². The lowest BCUT2D eigenvalue weighted by molar-refractivity contribution is -0.159. The van der Waals surface area contributed by atoms with Gasteiger partial charge in [-0.1, -0.05) is 26.8 Å². The predicted octanol–water partition coefficient (Wildman–Crippen LogP) is 4.79. The van der Waals surface area contributed by atoms with Crippen LogP contribution in [-0.4, -0.2) is 54.7 Å². The second-order valence-corrected chi connectivity index (χ2v) is 9.27. The van der Waals surface area contributed by atoms with Gasteiger partial charge in [0, 0.05) is 5.92 Å². The molecule has 0 amide bonds. The van der Waals surface area contributed by atoms with Gasteiger partial charge in [0.25, 0.3) is 0 Å². The van der Waals surface area contributed by atoms with Crippen LogP contribution in [0.3, 0.4) is 0 Å². The van der Waals surface area contributed by atoms with Crippen LogP contribution in [0.4, 0.5) is 9.59 Å². The summed E-state index contributed by atoms with van der Waals surface area (Å²) in [6.45, 7) is 10.9. The molecule has 0 aliphatic heterocycles. The highest BCUT2D eigenvalue weighted by molar-refractivity contribution is 5.76. The van der Waals surface area contributed by atoms with Gasteiger partial charge in [-0.25, -0.2) is 9.59 Å². The third-order valence-electron chi connectivity index (χ3n) is 5.68. The quantitative estimate of drug-likeness (QED) is 0.195. The highest BCUT2D eigenvalue weighted by atomic mass is 16.7. The summed E-state index contributed by atoms with van der Waals surface area (Å²) in [4.78, 5) is 48.4. The Morgan fingerprint density at radius 2 is 1.49 bits per heavy atom. The molecule has 0 heterocycles. The Morgan fingerprint density at radius 3 is 1.97 bits per heavy atom. The molecule has 0 aliphatic carbocycles. The van der Waals surface area contributed by atoms with E-state index < -0.39 is 47.7 Å². The molecule has 37 heavy (non-hydrogen) atoms. The first-order valence-corrected chi connectivity index (χ1v) is 12.4. The van der Waals surface area contributed by atoms with E-state index in [1.54, 1.807) is 27.7 Å². The van der Waals surface area contributed by atoms with Crippen LogP contribution in [0.25, 0.3) is 0 Å². The molecular formula is C26H39NO10. The normalized spacial score (nSPS) is 13.6. The topological polar surface area (TPSA) is 161 Å². The predicted molar refractivity (Wildman–Crippen MR) is 134 cm³/mol. The SMILES string of the molecule is CCCOC(=O)Oc1ccc(C(CC(C)OC(=O)C(C)(C)CC)[C@H](N)C(=O)O)cc1OC(=O)OCCC. The monoisotopic (exact) mass is 525 g/mol. The molecule has 3 N–H and O–H groups in total. The average Bonchev–Trinajstić information content (AvgIpc) is 2.85. The Bertz CT molecular complexity index is 930. The van der Waals surface area contributed by atoms with Crippen molar-refractivity contribution < 1.29 is 48.0 Å². The molecule has 0 aromatic heterocycles. The molecule has 11 heteroatoms. The molecule has 0 saturated heterocycles. The average molecular weight is 526 g/mol. The van der Waals surface area contributed by atoms with Crippen molar-refractivity contribution in [1.29, 1.82) is 0 Å². The highest BCUT2D eigenvalue weighted by Gasteiger charge is 2.33. The second kappa shape index (κ2) is 15.0. The number of carbonyl (C=O) groups is 4. The number of benzene rings is 1. The van der Waals surface area contributed by atoms with E-state index in [9.17, 15) is 24.3 Å². The van der Waals surface area contributed by atoms with Crippen LogP contribution in [-0.2, 0) is 23.8 Å². The van der Waals surface area contributed by atoms with E-state index in [4.69, 9.17) is 29.4 Å². The molecule has 0 bridgehead atoms. The van der Waals surface area contributed by atoms with Gasteiger partial charge >= 0.3 is 24.2 Å². The number of carboxylic acid groups (broad SMARTS) is 1. The zero-order valence-corrected chi connectivity index (χ0v) is 22.4. The van der Waals surface area contributed by atoms with Gasteiger partial charge in [-0.15, -0.1) is 0 Å². The fraction of sp³-hybridized carbons (Fsp3) is 0.615. The van der Waals surface area contributed by atoms with Crippen LogP contribution in [0.2, 0.25) is 0 Å². The lowest BCUT2D eigenvalue weighted by Crippen LogP contribution is -2.39. The summed E-state index contributed by atoms with van der Waals surface area (Å²) < 4.78 is 25.8. The van der Waals surface area contributed by atoms with Gasteiger partial charge in [-0.2, -0.15) is 0 Å². The van der Waals surface area contributed by atoms with Gasteiger partial charge in [0.15, 0.2) is 11.5 Å². The number of carbonyl (C=O) groups excluding carboxylic acids is 3. The molecule has 2 unspecified atom stereocenters. The smallest absolute Gasteiger partial charge is 0.480 e. The Hall–Kier alpha value is -3.34. The fourth-order valence-electron chi connectivity index (χ4n) is 3.08. The van der Waals surface area contributed by atoms with E-state index in [-0.39, 0.29) is 31.1 Å². The van der Waals surface area contributed by atoms with Crippen LogP contribution in [0.1, 0.15) is 78.7 Å². The molecule has 0 fully saturated rings. The van der Waals surface area contributed by atoms with E-state index in [0.717, 1.165) is 0 Å². The summed E-state index contributed by atoms with van der Waals surface area (Å²) >= 11 is 0. The van der Waals surface area contributed by atoms with Gasteiger partial charge in [0.05, 0.1) is 24.7 Å². The fourth-order valence-corrected chi connectivity index (χ4v) is 3.08. The van der Waals surface area contributed by atoms with E-state index in [2.05, 4.69) is 0 Å². The Balaban J connectivity index is 3.32. The zero-order chi connectivity index (χ0) is 28.2. The van der Waals surface area contributed by atoms with Crippen molar-refractivity contribution in [2.24, 2.45) is 11.1 Å². The molecule has 0 radical (unpaired) electrons. The number of hydrogen-bond acceptors (Lipinski definition) is 10. The van der Waals surface area contributed by atoms with Crippen molar-refractivity contribution in [3.05, 3.63) is 23.8 Å². The van der Waals surface area contributed by atoms with E-state index in [0.29, 0.717) is 24.8 Å². The minimum Gasteiger partial charge on any atom is -0.480 e. The van der Waals surface area contributed by atoms with Crippen molar-refractivity contribution in [2.45, 2.75) is 85.3 Å². The molecular weight excluding hydrogens is 486 g/mol. The van der Waals surface area contributed by atoms with Crippen molar-refractivity contribution in [1.82, 2.24) is 0 Å². The first kappa shape index (κ1) is 31.7. The first-order chi connectivity index (χ1) is 17.4. The Kier molecular flexibility index (Phi) is 12.9. The van der Waals surface area contributed by atoms with Crippen LogP contribution in [0.15, 0.2) is 18.2 Å². The lowest BCUT2D eigenvalue weighted by atomic mass is 9.86. The maximum absolute atomic E-state index is 12.5. The second-order valence-electron chi connectivity index (χ2n) is 9.27. The molecule has 1 rings (SSSR count). The summed E-state index contributed by atoms with van der Waals surface area (Å²) in [6, 6.07) is 2.79. The van der Waals surface area contributed by atoms with Gasteiger partial charge < -0.3 is 34.5 Å². The number of carboxylic acids is 1. The molecule has 3 atom stereocenters. The molecule has 208 valence electrons. The number of aliphatic carboxylic acids is 1. The number of nitrogens with two attached hydrogens (primary N) is 1. The third kappa shape index (κ3) is 10.3. The Morgan fingerprint density at radius 1 is 0.946 bits per heavy atom. The molecule has 0 spiro atoms. The van der Waals surface area contributed by atoms with E-state index >= 15 is 0 Å². The van der Waals surface area contributed by atoms with E-state index in [1.807, 2.05) is 13.8 Å². The minimum atomic E-state index is -1.37. The molecule has 11 nitrogen and oxygen atoms in total. The van der Waals surface area contributed by atoms with Crippen molar-refractivity contribution >= 4 is 24.2 Å². The summed E-state index contributed by atoms with van der Waals surface area (Å²) in [5.41, 5.74) is 5.65. The number of rotatable bonds is 14. The summed E-state index contributed by atoms with van der Waals surface area (Å²) in [7, 11) is 0. The van der Waals surface area contributed by atoms with E-state index in [1.165, 1.54) is 18.2 Å². The molecule has 0 saturated carbocycles. The number of ether oxygens (including phenoxy) is 5. The van der Waals surface area contributed by atoms with Crippen LogP contribution >= 0.6 is 0 Å². The standard InChI is InChI=1S/C26H39NO10/c1-7-12-33-24(31)36-19-11-10-17(15-20(19)37-25(32)34-13-8-2)18(21(27)22(28)29)14-16(4)35-23(30)26(5,6)9-3/h10-11,15-16,18,21H,7-9,12-14,27H2,1-6H3,(H,28,29)/t16?,18?,21-/m0/s1. The van der Waals surface area contributed by atoms with Crippen LogP contribution in [0, 0.1) is 5.41 Å². The molecule has 1 aromatic rings. The van der Waals surface area contributed by atoms with Gasteiger partial charge in [-0.05, 0) is 64.2 Å². The summed E-state index contributed by atoms with van der Waals surface area (Å²) in [5.74, 6) is -2.86. The number of esters is 1. The maximum Gasteiger partial charge on any atom is 0.513 e.